The molecule has 5 heteroatoms. The maximum absolute atomic E-state index is 12.9. The first kappa shape index (κ1) is 14.8. The molecule has 2 rings (SSSR count). The zero-order chi connectivity index (χ0) is 15.3. The smallest absolute Gasteiger partial charge is 0.418 e. The molecule has 0 amide bonds. The van der Waals surface area contributed by atoms with Gasteiger partial charge < -0.3 is 4.74 Å². The number of ether oxygens (including phenoxy) is 1. The van der Waals surface area contributed by atoms with E-state index in [1.54, 1.807) is 36.4 Å². The Labute approximate surface area is 119 Å². The molecule has 0 fully saturated rings. The molecular formula is C16H11F3O2. The molecule has 21 heavy (non-hydrogen) atoms. The van der Waals surface area contributed by atoms with Gasteiger partial charge in [-0.15, -0.1) is 0 Å². The highest BCUT2D eigenvalue weighted by molar-refractivity contribution is 5.90. The number of halogens is 3. The van der Waals surface area contributed by atoms with Crippen LogP contribution in [0.3, 0.4) is 0 Å². The fourth-order valence-electron chi connectivity index (χ4n) is 1.60. The number of rotatable bonds is 3. The van der Waals surface area contributed by atoms with E-state index in [2.05, 4.69) is 4.74 Å². The highest BCUT2D eigenvalue weighted by Gasteiger charge is 2.37. The van der Waals surface area contributed by atoms with Crippen molar-refractivity contribution in [3.05, 3.63) is 77.5 Å². The first-order chi connectivity index (χ1) is 9.97. The van der Waals surface area contributed by atoms with Gasteiger partial charge in [0.25, 0.3) is 0 Å². The number of allylic oxidation sites excluding steroid dienone is 1. The SMILES string of the molecule is O=C(O/C(=C/c1ccccc1)C(F)(F)F)c1ccccc1. The Bertz CT molecular complexity index is 632. The van der Waals surface area contributed by atoms with Crippen molar-refractivity contribution in [2.24, 2.45) is 0 Å². The van der Waals surface area contributed by atoms with Crippen LogP contribution in [0.25, 0.3) is 6.08 Å². The molecule has 0 heterocycles. The standard InChI is InChI=1S/C16H11F3O2/c17-16(18,19)14(11-12-7-3-1-4-8-12)21-15(20)13-9-5-2-6-10-13/h1-11H/b14-11+. The van der Waals surface area contributed by atoms with Gasteiger partial charge in [-0.3, -0.25) is 0 Å². The first-order valence-corrected chi connectivity index (χ1v) is 6.08. The molecule has 0 saturated heterocycles. The third-order valence-corrected chi connectivity index (χ3v) is 2.59. The van der Waals surface area contributed by atoms with E-state index in [-0.39, 0.29) is 5.56 Å². The predicted molar refractivity (Wildman–Crippen MR) is 72.3 cm³/mol. The number of hydrogen-bond acceptors (Lipinski definition) is 2. The highest BCUT2D eigenvalue weighted by Crippen LogP contribution is 2.29. The van der Waals surface area contributed by atoms with E-state index in [4.69, 9.17) is 0 Å². The molecule has 2 aromatic carbocycles. The van der Waals surface area contributed by atoms with E-state index >= 15 is 0 Å². The Morgan fingerprint density at radius 1 is 0.905 bits per heavy atom. The molecule has 0 radical (unpaired) electrons. The van der Waals surface area contributed by atoms with Gasteiger partial charge in [-0.25, -0.2) is 4.79 Å². The lowest BCUT2D eigenvalue weighted by Gasteiger charge is -2.12. The number of carbonyl (C=O) groups is 1. The summed E-state index contributed by atoms with van der Waals surface area (Å²) < 4.78 is 43.3. The number of hydrogen-bond donors (Lipinski definition) is 0. The summed E-state index contributed by atoms with van der Waals surface area (Å²) in [5.41, 5.74) is 0.353. The molecule has 0 aliphatic heterocycles. The van der Waals surface area contributed by atoms with Crippen molar-refractivity contribution in [1.29, 1.82) is 0 Å². The molecule has 108 valence electrons. The second kappa shape index (κ2) is 6.26. The summed E-state index contributed by atoms with van der Waals surface area (Å²) in [5.74, 6) is -2.39. The highest BCUT2D eigenvalue weighted by atomic mass is 19.4. The summed E-state index contributed by atoms with van der Waals surface area (Å²) in [6, 6.07) is 15.4. The minimum Gasteiger partial charge on any atom is -0.418 e. The third kappa shape index (κ3) is 4.21. The Kier molecular flexibility index (Phi) is 4.42. The van der Waals surface area contributed by atoms with Crippen LogP contribution in [0.4, 0.5) is 13.2 Å². The van der Waals surface area contributed by atoms with Crippen LogP contribution in [0, 0.1) is 0 Å². The summed E-state index contributed by atoms with van der Waals surface area (Å²) in [7, 11) is 0. The zero-order valence-corrected chi connectivity index (χ0v) is 10.8. The molecule has 0 spiro atoms. The number of alkyl halides is 3. The topological polar surface area (TPSA) is 26.3 Å². The minimum atomic E-state index is -4.75. The Balaban J connectivity index is 2.27. The normalized spacial score (nSPS) is 12.0. The largest absolute Gasteiger partial charge is 0.449 e. The van der Waals surface area contributed by atoms with Crippen LogP contribution in [0.5, 0.6) is 0 Å². The fourth-order valence-corrected chi connectivity index (χ4v) is 1.60. The molecule has 0 aliphatic rings. The van der Waals surface area contributed by atoms with Crippen molar-refractivity contribution >= 4 is 12.0 Å². The Hall–Kier alpha value is -2.56. The first-order valence-electron chi connectivity index (χ1n) is 6.08. The van der Waals surface area contributed by atoms with Gasteiger partial charge in [0.2, 0.25) is 5.76 Å². The quantitative estimate of drug-likeness (QED) is 0.617. The van der Waals surface area contributed by atoms with E-state index in [0.717, 1.165) is 6.08 Å². The van der Waals surface area contributed by atoms with Gasteiger partial charge in [0.1, 0.15) is 0 Å². The van der Waals surface area contributed by atoms with Gasteiger partial charge in [0, 0.05) is 0 Å². The number of benzene rings is 2. The minimum absolute atomic E-state index is 0.0562. The fraction of sp³-hybridized carbons (Fsp3) is 0.0625. The van der Waals surface area contributed by atoms with Gasteiger partial charge >= 0.3 is 12.1 Å². The monoisotopic (exact) mass is 292 g/mol. The Morgan fingerprint density at radius 3 is 1.95 bits per heavy atom. The lowest BCUT2D eigenvalue weighted by Crippen LogP contribution is -2.18. The van der Waals surface area contributed by atoms with Gasteiger partial charge in [-0.2, -0.15) is 13.2 Å². The van der Waals surface area contributed by atoms with Crippen LogP contribution in [0.1, 0.15) is 15.9 Å². The van der Waals surface area contributed by atoms with Crippen LogP contribution in [0.2, 0.25) is 0 Å². The lowest BCUT2D eigenvalue weighted by molar-refractivity contribution is -0.121. The van der Waals surface area contributed by atoms with Gasteiger partial charge in [-0.1, -0.05) is 48.5 Å². The van der Waals surface area contributed by atoms with Gasteiger partial charge in [0.15, 0.2) is 0 Å². The summed E-state index contributed by atoms with van der Waals surface area (Å²) >= 11 is 0. The van der Waals surface area contributed by atoms with E-state index in [0.29, 0.717) is 5.56 Å². The Morgan fingerprint density at radius 2 is 1.43 bits per heavy atom. The second-order valence-corrected chi connectivity index (χ2v) is 4.17. The van der Waals surface area contributed by atoms with Crippen molar-refractivity contribution < 1.29 is 22.7 Å². The average molecular weight is 292 g/mol. The summed E-state index contributed by atoms with van der Waals surface area (Å²) in [4.78, 5) is 11.7. The van der Waals surface area contributed by atoms with Crippen molar-refractivity contribution in [3.63, 3.8) is 0 Å². The molecule has 0 atom stereocenters. The van der Waals surface area contributed by atoms with Crippen molar-refractivity contribution in [1.82, 2.24) is 0 Å². The summed E-state index contributed by atoms with van der Waals surface area (Å²) in [6.45, 7) is 0. The summed E-state index contributed by atoms with van der Waals surface area (Å²) in [5, 5.41) is 0. The average Bonchev–Trinajstić information content (AvgIpc) is 2.47. The van der Waals surface area contributed by atoms with E-state index in [9.17, 15) is 18.0 Å². The summed E-state index contributed by atoms with van der Waals surface area (Å²) in [6.07, 6.45) is -3.96. The van der Waals surface area contributed by atoms with Gasteiger partial charge in [0.05, 0.1) is 5.56 Å². The molecule has 0 aliphatic carbocycles. The maximum atomic E-state index is 12.9. The molecule has 2 aromatic rings. The van der Waals surface area contributed by atoms with Crippen LogP contribution >= 0.6 is 0 Å². The van der Waals surface area contributed by atoms with Gasteiger partial charge in [-0.05, 0) is 23.8 Å². The van der Waals surface area contributed by atoms with Crippen LogP contribution in [-0.2, 0) is 4.74 Å². The predicted octanol–water partition coefficient (Wildman–Crippen LogP) is 4.45. The zero-order valence-electron chi connectivity index (χ0n) is 10.8. The molecule has 0 bridgehead atoms. The van der Waals surface area contributed by atoms with Crippen molar-refractivity contribution in [2.75, 3.05) is 0 Å². The van der Waals surface area contributed by atoms with E-state index < -0.39 is 17.9 Å². The molecule has 0 unspecified atom stereocenters. The maximum Gasteiger partial charge on any atom is 0.449 e. The van der Waals surface area contributed by atoms with Crippen molar-refractivity contribution in [2.45, 2.75) is 6.18 Å². The molecule has 0 N–H and O–H groups in total. The van der Waals surface area contributed by atoms with E-state index in [1.807, 2.05) is 0 Å². The molecule has 2 nitrogen and oxygen atoms in total. The van der Waals surface area contributed by atoms with Crippen molar-refractivity contribution in [3.8, 4) is 0 Å². The molecular weight excluding hydrogens is 281 g/mol. The molecule has 0 aromatic heterocycles. The second-order valence-electron chi connectivity index (χ2n) is 4.17. The third-order valence-electron chi connectivity index (χ3n) is 2.59. The number of carbonyl (C=O) groups excluding carboxylic acids is 1. The lowest BCUT2D eigenvalue weighted by atomic mass is 10.2. The van der Waals surface area contributed by atoms with Crippen LogP contribution in [0.15, 0.2) is 66.4 Å². The molecule has 0 saturated carbocycles. The van der Waals surface area contributed by atoms with Crippen LogP contribution in [-0.4, -0.2) is 12.1 Å². The van der Waals surface area contributed by atoms with E-state index in [1.165, 1.54) is 24.3 Å². The van der Waals surface area contributed by atoms with Crippen LogP contribution < -0.4 is 0 Å². The number of esters is 1.